The molecule has 0 amide bonds. The predicted octanol–water partition coefficient (Wildman–Crippen LogP) is 2.36. The van der Waals surface area contributed by atoms with Gasteiger partial charge in [0.15, 0.2) is 0 Å². The predicted molar refractivity (Wildman–Crippen MR) is 67.4 cm³/mol. The molecule has 20 heavy (non-hydrogen) atoms. The van der Waals surface area contributed by atoms with Crippen molar-refractivity contribution in [1.29, 1.82) is 0 Å². The summed E-state index contributed by atoms with van der Waals surface area (Å²) in [6.07, 6.45) is -0.334. The fraction of sp³-hybridized carbons (Fsp3) is 0.231. The van der Waals surface area contributed by atoms with E-state index in [-0.39, 0.29) is 0 Å². The normalized spacial score (nSPS) is 13.2. The van der Waals surface area contributed by atoms with Crippen molar-refractivity contribution in [1.82, 2.24) is 15.4 Å². The number of hydrogen-bond acceptors (Lipinski definition) is 4. The molecule has 0 radical (unpaired) electrons. The van der Waals surface area contributed by atoms with Gasteiger partial charge in [-0.3, -0.25) is 15.8 Å². The van der Waals surface area contributed by atoms with Crippen LogP contribution in [0.3, 0.4) is 0 Å². The fourth-order valence-electron chi connectivity index (χ4n) is 1.83. The molecule has 0 aliphatic heterocycles. The van der Waals surface area contributed by atoms with Crippen molar-refractivity contribution in [3.05, 3.63) is 59.2 Å². The highest BCUT2D eigenvalue weighted by Gasteiger charge is 2.31. The third-order valence-corrected chi connectivity index (χ3v) is 2.81. The highest BCUT2D eigenvalue weighted by Crippen LogP contribution is 2.29. The van der Waals surface area contributed by atoms with Crippen LogP contribution in [0.4, 0.5) is 13.2 Å². The summed E-state index contributed by atoms with van der Waals surface area (Å²) in [6.45, 7) is 1.87. The Balaban J connectivity index is 2.33. The standard InChI is InChI=1S/C13H13F3N4/c1-8-4-9(6-18-5-8)12(20-17)11-3-2-10(7-19-11)13(14,15)16/h2-7,12,20H,17H2,1H3. The van der Waals surface area contributed by atoms with E-state index in [4.69, 9.17) is 5.84 Å². The SMILES string of the molecule is Cc1cncc(C(NN)c2ccc(C(F)(F)F)cn2)c1. The molecule has 0 aliphatic rings. The van der Waals surface area contributed by atoms with E-state index in [2.05, 4.69) is 15.4 Å². The monoisotopic (exact) mass is 282 g/mol. The van der Waals surface area contributed by atoms with Gasteiger partial charge in [-0.2, -0.15) is 13.2 Å². The second-order valence-electron chi connectivity index (χ2n) is 4.36. The number of nitrogens with two attached hydrogens (primary N) is 1. The first kappa shape index (κ1) is 14.4. The first-order valence-electron chi connectivity index (χ1n) is 5.82. The number of aryl methyl sites for hydroxylation is 1. The van der Waals surface area contributed by atoms with Gasteiger partial charge < -0.3 is 0 Å². The van der Waals surface area contributed by atoms with Crippen molar-refractivity contribution in [2.45, 2.75) is 19.1 Å². The maximum Gasteiger partial charge on any atom is 0.417 e. The second-order valence-corrected chi connectivity index (χ2v) is 4.36. The van der Waals surface area contributed by atoms with E-state index in [9.17, 15) is 13.2 Å². The Morgan fingerprint density at radius 3 is 2.45 bits per heavy atom. The average Bonchev–Trinajstić information content (AvgIpc) is 2.39. The number of nitrogens with zero attached hydrogens (tertiary/aromatic N) is 2. The highest BCUT2D eigenvalue weighted by molar-refractivity contribution is 5.29. The number of pyridine rings is 2. The Bertz CT molecular complexity index is 581. The van der Waals surface area contributed by atoms with Gasteiger partial charge in [0.25, 0.3) is 0 Å². The molecule has 0 aliphatic carbocycles. The summed E-state index contributed by atoms with van der Waals surface area (Å²) in [6, 6.07) is 3.62. The molecule has 0 fully saturated rings. The largest absolute Gasteiger partial charge is 0.417 e. The van der Waals surface area contributed by atoms with Crippen LogP contribution >= 0.6 is 0 Å². The Labute approximate surface area is 113 Å². The van der Waals surface area contributed by atoms with Crippen molar-refractivity contribution >= 4 is 0 Å². The van der Waals surface area contributed by atoms with Gasteiger partial charge >= 0.3 is 6.18 Å². The number of hydrogen-bond donors (Lipinski definition) is 2. The minimum atomic E-state index is -4.40. The van der Waals surface area contributed by atoms with Gasteiger partial charge in [0.1, 0.15) is 0 Å². The maximum atomic E-state index is 12.5. The minimum absolute atomic E-state index is 0.396. The molecule has 4 nitrogen and oxygen atoms in total. The van der Waals surface area contributed by atoms with E-state index >= 15 is 0 Å². The molecule has 0 aromatic carbocycles. The summed E-state index contributed by atoms with van der Waals surface area (Å²) in [4.78, 5) is 7.86. The molecule has 2 heterocycles. The van der Waals surface area contributed by atoms with Crippen LogP contribution in [-0.4, -0.2) is 9.97 Å². The molecule has 2 aromatic rings. The lowest BCUT2D eigenvalue weighted by Crippen LogP contribution is -2.29. The lowest BCUT2D eigenvalue weighted by Gasteiger charge is -2.16. The van der Waals surface area contributed by atoms with Crippen molar-refractivity contribution in [2.24, 2.45) is 5.84 Å². The number of halogens is 3. The second kappa shape index (κ2) is 5.56. The topological polar surface area (TPSA) is 63.8 Å². The van der Waals surface area contributed by atoms with Gasteiger partial charge in [-0.05, 0) is 30.2 Å². The van der Waals surface area contributed by atoms with E-state index in [0.717, 1.165) is 23.4 Å². The first-order valence-corrected chi connectivity index (χ1v) is 5.82. The number of rotatable bonds is 3. The molecular weight excluding hydrogens is 269 g/mol. The molecule has 0 spiro atoms. The van der Waals surface area contributed by atoms with Gasteiger partial charge in [0, 0.05) is 18.6 Å². The molecule has 7 heteroatoms. The third-order valence-electron chi connectivity index (χ3n) is 2.81. The quantitative estimate of drug-likeness (QED) is 0.670. The molecule has 2 aromatic heterocycles. The van der Waals surface area contributed by atoms with Crippen LogP contribution < -0.4 is 11.3 Å². The number of alkyl halides is 3. The number of hydrazine groups is 1. The molecule has 1 unspecified atom stereocenters. The highest BCUT2D eigenvalue weighted by atomic mass is 19.4. The molecule has 0 saturated heterocycles. The Kier molecular flexibility index (Phi) is 4.01. The van der Waals surface area contributed by atoms with Crippen molar-refractivity contribution < 1.29 is 13.2 Å². The number of aromatic nitrogens is 2. The lowest BCUT2D eigenvalue weighted by atomic mass is 10.0. The fourth-order valence-corrected chi connectivity index (χ4v) is 1.83. The lowest BCUT2D eigenvalue weighted by molar-refractivity contribution is -0.137. The molecule has 0 saturated carbocycles. The Hall–Kier alpha value is -1.99. The molecule has 0 bridgehead atoms. The van der Waals surface area contributed by atoms with Crippen LogP contribution in [-0.2, 0) is 6.18 Å². The van der Waals surface area contributed by atoms with Gasteiger partial charge in [-0.25, -0.2) is 5.43 Å². The molecule has 2 rings (SSSR count). The molecule has 1 atom stereocenters. The summed E-state index contributed by atoms with van der Waals surface area (Å²) >= 11 is 0. The third kappa shape index (κ3) is 3.12. The average molecular weight is 282 g/mol. The van der Waals surface area contributed by atoms with E-state index in [1.165, 1.54) is 6.07 Å². The summed E-state index contributed by atoms with van der Waals surface area (Å²) in [5.74, 6) is 5.47. The zero-order chi connectivity index (χ0) is 14.8. The zero-order valence-electron chi connectivity index (χ0n) is 10.6. The Morgan fingerprint density at radius 2 is 1.95 bits per heavy atom. The van der Waals surface area contributed by atoms with Crippen LogP contribution in [0.5, 0.6) is 0 Å². The van der Waals surface area contributed by atoms with Crippen LogP contribution in [0.2, 0.25) is 0 Å². The van der Waals surface area contributed by atoms with Crippen LogP contribution in [0.15, 0.2) is 36.8 Å². The summed E-state index contributed by atoms with van der Waals surface area (Å²) in [7, 11) is 0. The first-order chi connectivity index (χ1) is 9.41. The summed E-state index contributed by atoms with van der Waals surface area (Å²) < 4.78 is 37.5. The minimum Gasteiger partial charge on any atom is -0.271 e. The maximum absolute atomic E-state index is 12.5. The molecular formula is C13H13F3N4. The van der Waals surface area contributed by atoms with Crippen LogP contribution in [0.1, 0.15) is 28.4 Å². The van der Waals surface area contributed by atoms with E-state index in [1.807, 2.05) is 13.0 Å². The molecule has 106 valence electrons. The van der Waals surface area contributed by atoms with Crippen molar-refractivity contribution in [2.75, 3.05) is 0 Å². The number of nitrogens with one attached hydrogen (secondary N) is 1. The molecule has 3 N–H and O–H groups in total. The van der Waals surface area contributed by atoms with Crippen LogP contribution in [0, 0.1) is 6.92 Å². The van der Waals surface area contributed by atoms with E-state index in [0.29, 0.717) is 5.69 Å². The van der Waals surface area contributed by atoms with E-state index in [1.54, 1.807) is 12.4 Å². The summed E-state index contributed by atoms with van der Waals surface area (Å²) in [5, 5.41) is 0. The van der Waals surface area contributed by atoms with Gasteiger partial charge in [0.05, 0.1) is 17.3 Å². The van der Waals surface area contributed by atoms with E-state index < -0.39 is 17.8 Å². The van der Waals surface area contributed by atoms with Crippen molar-refractivity contribution in [3.8, 4) is 0 Å². The van der Waals surface area contributed by atoms with Crippen LogP contribution in [0.25, 0.3) is 0 Å². The summed E-state index contributed by atoms with van der Waals surface area (Å²) in [5.41, 5.74) is 3.80. The van der Waals surface area contributed by atoms with Gasteiger partial charge in [-0.15, -0.1) is 0 Å². The Morgan fingerprint density at radius 1 is 1.20 bits per heavy atom. The smallest absolute Gasteiger partial charge is 0.271 e. The van der Waals surface area contributed by atoms with Crippen molar-refractivity contribution in [3.63, 3.8) is 0 Å². The zero-order valence-corrected chi connectivity index (χ0v) is 10.6. The van der Waals surface area contributed by atoms with Gasteiger partial charge in [-0.1, -0.05) is 6.07 Å². The van der Waals surface area contributed by atoms with Gasteiger partial charge in [0.2, 0.25) is 0 Å².